The number of piperidine rings is 1. The molecule has 3 heteroatoms. The van der Waals surface area contributed by atoms with Crippen LogP contribution in [-0.2, 0) is 6.42 Å². The van der Waals surface area contributed by atoms with Crippen LogP contribution in [0.5, 0.6) is 5.75 Å². The number of ether oxygens (including phenoxy) is 1. The third-order valence-electron chi connectivity index (χ3n) is 7.15. The van der Waals surface area contributed by atoms with Crippen molar-refractivity contribution in [1.29, 1.82) is 0 Å². The van der Waals surface area contributed by atoms with Gasteiger partial charge < -0.3 is 15.8 Å². The topological polar surface area (TPSA) is 47.3 Å². The smallest absolute Gasteiger partial charge is 0.122 e. The van der Waals surface area contributed by atoms with Crippen LogP contribution >= 0.6 is 0 Å². The SMILES string of the molecule is COc1ccccc1CC1C(C(c2ccccc2)c2ccccc2)NCC2(N)CC12. The van der Waals surface area contributed by atoms with Crippen LogP contribution in [0.1, 0.15) is 29.0 Å². The maximum absolute atomic E-state index is 6.71. The molecule has 154 valence electrons. The van der Waals surface area contributed by atoms with Crippen molar-refractivity contribution in [3.8, 4) is 5.75 Å². The molecule has 3 aromatic carbocycles. The number of fused-ring (bicyclic) bond motifs is 1. The molecule has 0 radical (unpaired) electrons. The molecule has 2 aliphatic rings. The van der Waals surface area contributed by atoms with E-state index in [2.05, 4.69) is 84.2 Å². The van der Waals surface area contributed by atoms with Gasteiger partial charge >= 0.3 is 0 Å². The van der Waals surface area contributed by atoms with E-state index in [-0.39, 0.29) is 11.5 Å². The maximum Gasteiger partial charge on any atom is 0.122 e. The first kappa shape index (κ1) is 19.3. The number of methoxy groups -OCH3 is 1. The van der Waals surface area contributed by atoms with Crippen LogP contribution < -0.4 is 15.8 Å². The van der Waals surface area contributed by atoms with Crippen molar-refractivity contribution in [2.75, 3.05) is 13.7 Å². The van der Waals surface area contributed by atoms with E-state index in [4.69, 9.17) is 10.5 Å². The monoisotopic (exact) mass is 398 g/mol. The van der Waals surface area contributed by atoms with Gasteiger partial charge in [-0.25, -0.2) is 0 Å². The number of hydrogen-bond acceptors (Lipinski definition) is 3. The lowest BCUT2D eigenvalue weighted by molar-refractivity contribution is 0.226. The van der Waals surface area contributed by atoms with E-state index in [0.29, 0.717) is 17.9 Å². The fourth-order valence-electron chi connectivity index (χ4n) is 5.53. The molecule has 3 nitrogen and oxygen atoms in total. The molecule has 1 aliphatic carbocycles. The fourth-order valence-corrected chi connectivity index (χ4v) is 5.53. The fraction of sp³-hybridized carbons (Fsp3) is 0.333. The molecule has 1 saturated heterocycles. The quantitative estimate of drug-likeness (QED) is 0.648. The Hall–Kier alpha value is -2.62. The Labute approximate surface area is 179 Å². The van der Waals surface area contributed by atoms with E-state index < -0.39 is 0 Å². The van der Waals surface area contributed by atoms with Gasteiger partial charge in [-0.05, 0) is 47.4 Å². The summed E-state index contributed by atoms with van der Waals surface area (Å²) in [6.07, 6.45) is 2.08. The summed E-state index contributed by atoms with van der Waals surface area (Å²) in [6, 6.07) is 30.6. The van der Waals surface area contributed by atoms with Crippen molar-refractivity contribution in [1.82, 2.24) is 5.32 Å². The molecule has 30 heavy (non-hydrogen) atoms. The van der Waals surface area contributed by atoms with E-state index in [9.17, 15) is 0 Å². The molecule has 4 unspecified atom stereocenters. The van der Waals surface area contributed by atoms with E-state index in [1.807, 2.05) is 6.07 Å². The summed E-state index contributed by atoms with van der Waals surface area (Å²) in [5.41, 5.74) is 10.6. The maximum atomic E-state index is 6.71. The van der Waals surface area contributed by atoms with E-state index >= 15 is 0 Å². The van der Waals surface area contributed by atoms with Crippen LogP contribution in [0.25, 0.3) is 0 Å². The van der Waals surface area contributed by atoms with E-state index in [1.54, 1.807) is 7.11 Å². The number of rotatable bonds is 6. The zero-order chi connectivity index (χ0) is 20.6. The Balaban J connectivity index is 1.55. The molecule has 0 aromatic heterocycles. The first-order valence-electron chi connectivity index (χ1n) is 10.9. The van der Waals surface area contributed by atoms with Crippen molar-refractivity contribution >= 4 is 0 Å². The van der Waals surface area contributed by atoms with Crippen LogP contribution in [0.4, 0.5) is 0 Å². The number of hydrogen-bond donors (Lipinski definition) is 2. The highest BCUT2D eigenvalue weighted by molar-refractivity contribution is 5.39. The highest BCUT2D eigenvalue weighted by Gasteiger charge is 2.60. The molecular formula is C27H30N2O. The van der Waals surface area contributed by atoms with Crippen LogP contribution in [0, 0.1) is 11.8 Å². The second-order valence-corrected chi connectivity index (χ2v) is 8.93. The minimum atomic E-state index is -0.0545. The lowest BCUT2D eigenvalue weighted by Crippen LogP contribution is -2.55. The van der Waals surface area contributed by atoms with Crippen molar-refractivity contribution in [2.24, 2.45) is 17.6 Å². The van der Waals surface area contributed by atoms with Gasteiger partial charge in [0.05, 0.1) is 7.11 Å². The molecule has 3 aromatic rings. The summed E-state index contributed by atoms with van der Waals surface area (Å²) >= 11 is 0. The molecule has 5 rings (SSSR count). The Morgan fingerprint density at radius 2 is 1.53 bits per heavy atom. The Morgan fingerprint density at radius 3 is 2.17 bits per heavy atom. The zero-order valence-electron chi connectivity index (χ0n) is 17.5. The molecular weight excluding hydrogens is 368 g/mol. The van der Waals surface area contributed by atoms with Gasteiger partial charge in [0.1, 0.15) is 5.75 Å². The lowest BCUT2D eigenvalue weighted by atomic mass is 9.73. The molecule has 1 saturated carbocycles. The predicted molar refractivity (Wildman–Crippen MR) is 122 cm³/mol. The summed E-state index contributed by atoms with van der Waals surface area (Å²) in [5, 5.41) is 3.89. The molecule has 4 atom stereocenters. The third-order valence-corrected chi connectivity index (χ3v) is 7.15. The normalized spacial score (nSPS) is 27.5. The number of benzene rings is 3. The Morgan fingerprint density at radius 1 is 0.933 bits per heavy atom. The predicted octanol–water partition coefficient (Wildman–Crippen LogP) is 4.38. The van der Waals surface area contributed by atoms with Gasteiger partial charge in [-0.15, -0.1) is 0 Å². The first-order valence-corrected chi connectivity index (χ1v) is 10.9. The van der Waals surface area contributed by atoms with Crippen molar-refractivity contribution in [3.05, 3.63) is 102 Å². The van der Waals surface area contributed by atoms with Crippen LogP contribution in [-0.4, -0.2) is 25.2 Å². The van der Waals surface area contributed by atoms with Gasteiger partial charge in [0.2, 0.25) is 0 Å². The summed E-state index contributed by atoms with van der Waals surface area (Å²) in [5.74, 6) is 2.26. The molecule has 3 N–H and O–H groups in total. The molecule has 0 amide bonds. The van der Waals surface area contributed by atoms with Gasteiger partial charge in [0.25, 0.3) is 0 Å². The molecule has 0 bridgehead atoms. The Bertz CT molecular complexity index is 951. The van der Waals surface area contributed by atoms with Gasteiger partial charge in [-0.3, -0.25) is 0 Å². The molecule has 0 spiro atoms. The number of nitrogens with one attached hydrogen (secondary N) is 1. The average Bonchev–Trinajstić information content (AvgIpc) is 3.49. The lowest BCUT2D eigenvalue weighted by Gasteiger charge is -2.41. The summed E-state index contributed by atoms with van der Waals surface area (Å²) < 4.78 is 5.67. The first-order chi connectivity index (χ1) is 14.7. The van der Waals surface area contributed by atoms with Gasteiger partial charge in [-0.1, -0.05) is 78.9 Å². The minimum Gasteiger partial charge on any atom is -0.496 e. The summed E-state index contributed by atoms with van der Waals surface area (Å²) in [7, 11) is 1.76. The second kappa shape index (κ2) is 7.90. The Kier molecular flexibility index (Phi) is 5.10. The van der Waals surface area contributed by atoms with Gasteiger partial charge in [-0.2, -0.15) is 0 Å². The standard InChI is InChI=1S/C27H30N2O/c1-30-24-15-9-8-14-21(24)16-22-23-17-27(23,28)18-29-26(22)25(19-10-4-2-5-11-19)20-12-6-3-7-13-20/h2-15,22-23,25-26,29H,16-18,28H2,1H3. The molecule has 1 heterocycles. The third kappa shape index (κ3) is 3.53. The van der Waals surface area contributed by atoms with Crippen LogP contribution in [0.15, 0.2) is 84.9 Å². The summed E-state index contributed by atoms with van der Waals surface area (Å²) in [6.45, 7) is 0.890. The van der Waals surface area contributed by atoms with Crippen LogP contribution in [0.3, 0.4) is 0 Å². The van der Waals surface area contributed by atoms with Gasteiger partial charge in [0.15, 0.2) is 0 Å². The second-order valence-electron chi connectivity index (χ2n) is 8.93. The van der Waals surface area contributed by atoms with E-state index in [1.165, 1.54) is 16.7 Å². The zero-order valence-corrected chi connectivity index (χ0v) is 17.5. The summed E-state index contributed by atoms with van der Waals surface area (Å²) in [4.78, 5) is 0. The number of nitrogens with two attached hydrogens (primary N) is 1. The van der Waals surface area contributed by atoms with Gasteiger partial charge in [0, 0.05) is 24.0 Å². The average molecular weight is 399 g/mol. The minimum absolute atomic E-state index is 0.0545. The van der Waals surface area contributed by atoms with E-state index in [0.717, 1.165) is 25.1 Å². The van der Waals surface area contributed by atoms with Crippen LogP contribution in [0.2, 0.25) is 0 Å². The van der Waals surface area contributed by atoms with Crippen molar-refractivity contribution in [2.45, 2.75) is 30.3 Å². The van der Waals surface area contributed by atoms with Crippen molar-refractivity contribution < 1.29 is 4.74 Å². The highest BCUT2D eigenvalue weighted by Crippen LogP contribution is 2.53. The molecule has 1 aliphatic heterocycles. The largest absolute Gasteiger partial charge is 0.496 e. The molecule has 2 fully saturated rings. The highest BCUT2D eigenvalue weighted by atomic mass is 16.5. The number of para-hydroxylation sites is 1. The van der Waals surface area contributed by atoms with Crippen molar-refractivity contribution in [3.63, 3.8) is 0 Å².